The maximum Gasteiger partial charge on any atom is 0.355 e. The van der Waals surface area contributed by atoms with Crippen LogP contribution < -0.4 is 19.5 Å². The van der Waals surface area contributed by atoms with Crippen molar-refractivity contribution in [1.82, 2.24) is 10.3 Å². The third kappa shape index (κ3) is 4.65. The highest BCUT2D eigenvalue weighted by molar-refractivity contribution is 5.94. The molecule has 2 aromatic rings. The van der Waals surface area contributed by atoms with Gasteiger partial charge in [0.15, 0.2) is 11.5 Å². The second-order valence-corrected chi connectivity index (χ2v) is 6.21. The van der Waals surface area contributed by atoms with Crippen molar-refractivity contribution in [2.45, 2.75) is 19.9 Å². The Labute approximate surface area is 171 Å². The quantitative estimate of drug-likeness (QED) is 0.555. The Morgan fingerprint density at radius 3 is 2.34 bits per heavy atom. The topological polar surface area (TPSA) is 91.0 Å². The van der Waals surface area contributed by atoms with Gasteiger partial charge in [-0.15, -0.1) is 0 Å². The smallest absolute Gasteiger partial charge is 0.355 e. The molecule has 0 unspecified atom stereocenters. The molecular weight excluding hydrogens is 376 g/mol. The van der Waals surface area contributed by atoms with Gasteiger partial charge in [-0.3, -0.25) is 0 Å². The highest BCUT2D eigenvalue weighted by atomic mass is 16.5. The summed E-state index contributed by atoms with van der Waals surface area (Å²) in [6, 6.07) is 3.71. The first kappa shape index (κ1) is 22.6. The Hall–Kier alpha value is -2.71. The molecule has 8 nitrogen and oxygen atoms in total. The van der Waals surface area contributed by atoms with E-state index in [1.54, 1.807) is 35.4 Å². The van der Waals surface area contributed by atoms with E-state index in [-0.39, 0.29) is 6.61 Å². The SMILES string of the molecule is CCOC(=O)c1[nH]c(CNC)c(-c2ccc(OC)c(OC)c2OC)c1CCOC. The first-order chi connectivity index (χ1) is 14.1. The van der Waals surface area contributed by atoms with E-state index in [0.717, 1.165) is 22.4 Å². The zero-order valence-electron chi connectivity index (χ0n) is 17.9. The van der Waals surface area contributed by atoms with Gasteiger partial charge in [0, 0.05) is 30.5 Å². The average Bonchev–Trinajstić information content (AvgIpc) is 3.09. The number of H-pyrrole nitrogens is 1. The number of aromatic nitrogens is 1. The molecule has 29 heavy (non-hydrogen) atoms. The van der Waals surface area contributed by atoms with Crippen LogP contribution in [0.25, 0.3) is 11.1 Å². The fourth-order valence-corrected chi connectivity index (χ4v) is 3.36. The van der Waals surface area contributed by atoms with Gasteiger partial charge < -0.3 is 34.0 Å². The summed E-state index contributed by atoms with van der Waals surface area (Å²) in [7, 11) is 8.18. The molecule has 0 spiro atoms. The van der Waals surface area contributed by atoms with E-state index in [4.69, 9.17) is 23.7 Å². The molecule has 0 atom stereocenters. The summed E-state index contributed by atoms with van der Waals surface area (Å²) in [4.78, 5) is 15.9. The molecule has 0 aliphatic carbocycles. The lowest BCUT2D eigenvalue weighted by atomic mass is 9.96. The lowest BCUT2D eigenvalue weighted by Gasteiger charge is -2.17. The highest BCUT2D eigenvalue weighted by Crippen LogP contribution is 2.46. The molecule has 0 aliphatic rings. The predicted molar refractivity (Wildman–Crippen MR) is 110 cm³/mol. The van der Waals surface area contributed by atoms with E-state index in [2.05, 4.69) is 10.3 Å². The predicted octanol–water partition coefficient (Wildman–Crippen LogP) is 2.79. The molecule has 1 aromatic carbocycles. The lowest BCUT2D eigenvalue weighted by molar-refractivity contribution is 0.0518. The third-order valence-electron chi connectivity index (χ3n) is 4.54. The zero-order chi connectivity index (χ0) is 21.4. The number of rotatable bonds is 11. The largest absolute Gasteiger partial charge is 0.493 e. The summed E-state index contributed by atoms with van der Waals surface area (Å²) in [5.41, 5.74) is 3.71. The van der Waals surface area contributed by atoms with Gasteiger partial charge in [-0.2, -0.15) is 0 Å². The van der Waals surface area contributed by atoms with E-state index in [0.29, 0.717) is 42.5 Å². The van der Waals surface area contributed by atoms with Gasteiger partial charge in [0.2, 0.25) is 5.75 Å². The number of hydrogen-bond donors (Lipinski definition) is 2. The molecule has 1 heterocycles. The summed E-state index contributed by atoms with van der Waals surface area (Å²) in [5.74, 6) is 1.17. The van der Waals surface area contributed by atoms with E-state index >= 15 is 0 Å². The van der Waals surface area contributed by atoms with Crippen LogP contribution in [0.4, 0.5) is 0 Å². The van der Waals surface area contributed by atoms with Crippen LogP contribution in [0.2, 0.25) is 0 Å². The molecule has 0 radical (unpaired) electrons. The minimum absolute atomic E-state index is 0.290. The zero-order valence-corrected chi connectivity index (χ0v) is 17.9. The average molecular weight is 406 g/mol. The van der Waals surface area contributed by atoms with Gasteiger partial charge >= 0.3 is 5.97 Å². The monoisotopic (exact) mass is 406 g/mol. The number of carbonyl (C=O) groups excluding carboxylic acids is 1. The first-order valence-corrected chi connectivity index (χ1v) is 9.41. The van der Waals surface area contributed by atoms with Crippen LogP contribution >= 0.6 is 0 Å². The Morgan fingerprint density at radius 1 is 1.07 bits per heavy atom. The number of carbonyl (C=O) groups is 1. The Bertz CT molecular complexity index is 831. The fourth-order valence-electron chi connectivity index (χ4n) is 3.36. The van der Waals surface area contributed by atoms with E-state index in [1.165, 1.54) is 0 Å². The lowest BCUT2D eigenvalue weighted by Crippen LogP contribution is -2.10. The van der Waals surface area contributed by atoms with Crippen molar-refractivity contribution in [1.29, 1.82) is 0 Å². The van der Waals surface area contributed by atoms with Gasteiger partial charge in [-0.25, -0.2) is 4.79 Å². The molecular formula is C21H30N2O6. The maximum atomic E-state index is 12.6. The molecule has 0 saturated carbocycles. The van der Waals surface area contributed by atoms with Crippen molar-refractivity contribution in [3.05, 3.63) is 29.1 Å². The minimum Gasteiger partial charge on any atom is -0.493 e. The van der Waals surface area contributed by atoms with Crippen molar-refractivity contribution in [3.63, 3.8) is 0 Å². The molecule has 1 aromatic heterocycles. The van der Waals surface area contributed by atoms with Crippen LogP contribution in [0.1, 0.15) is 28.7 Å². The number of ether oxygens (including phenoxy) is 5. The van der Waals surface area contributed by atoms with E-state index in [1.807, 2.05) is 19.2 Å². The van der Waals surface area contributed by atoms with Crippen molar-refractivity contribution in [2.24, 2.45) is 0 Å². The number of aromatic amines is 1. The summed E-state index contributed by atoms with van der Waals surface area (Å²) in [6.07, 6.45) is 0.525. The number of benzene rings is 1. The summed E-state index contributed by atoms with van der Waals surface area (Å²) >= 11 is 0. The molecule has 0 aliphatic heterocycles. The standard InChI is InChI=1S/C21H30N2O6/c1-7-29-21(24)18-13(10-11-25-3)17(15(23-18)12-22-2)14-8-9-16(26-4)20(28-6)19(14)27-5/h8-9,22-23H,7,10-12H2,1-6H3. The van der Waals surface area contributed by atoms with Crippen molar-refractivity contribution < 1.29 is 28.5 Å². The van der Waals surface area contributed by atoms with Gasteiger partial charge in [0.25, 0.3) is 0 Å². The molecule has 0 saturated heterocycles. The fraction of sp³-hybridized carbons (Fsp3) is 0.476. The number of hydrogen-bond acceptors (Lipinski definition) is 7. The van der Waals surface area contributed by atoms with Gasteiger partial charge in [0.1, 0.15) is 5.69 Å². The Kier molecular flexibility index (Phi) is 8.35. The number of methoxy groups -OCH3 is 4. The van der Waals surface area contributed by atoms with Crippen molar-refractivity contribution >= 4 is 5.97 Å². The molecule has 160 valence electrons. The number of esters is 1. The Balaban J connectivity index is 2.80. The molecule has 0 amide bonds. The normalized spacial score (nSPS) is 10.7. The maximum absolute atomic E-state index is 12.6. The molecule has 0 bridgehead atoms. The first-order valence-electron chi connectivity index (χ1n) is 9.41. The second-order valence-electron chi connectivity index (χ2n) is 6.21. The van der Waals surface area contributed by atoms with Crippen molar-refractivity contribution in [2.75, 3.05) is 48.7 Å². The molecule has 0 fully saturated rings. The number of nitrogens with one attached hydrogen (secondary N) is 2. The van der Waals surface area contributed by atoms with Gasteiger partial charge in [-0.05, 0) is 38.1 Å². The van der Waals surface area contributed by atoms with Gasteiger partial charge in [-0.1, -0.05) is 0 Å². The van der Waals surface area contributed by atoms with Crippen molar-refractivity contribution in [3.8, 4) is 28.4 Å². The van der Waals surface area contributed by atoms with E-state index in [9.17, 15) is 4.79 Å². The van der Waals surface area contributed by atoms with Crippen LogP contribution in [-0.4, -0.2) is 59.7 Å². The van der Waals surface area contributed by atoms with Crippen LogP contribution in [0.3, 0.4) is 0 Å². The highest BCUT2D eigenvalue weighted by Gasteiger charge is 2.27. The summed E-state index contributed by atoms with van der Waals surface area (Å²) in [6.45, 7) is 3.04. The van der Waals surface area contributed by atoms with E-state index < -0.39 is 5.97 Å². The van der Waals surface area contributed by atoms with Crippen LogP contribution in [-0.2, 0) is 22.4 Å². The summed E-state index contributed by atoms with van der Waals surface area (Å²) < 4.78 is 27.2. The second kappa shape index (κ2) is 10.7. The molecule has 8 heteroatoms. The third-order valence-corrected chi connectivity index (χ3v) is 4.54. The summed E-state index contributed by atoms with van der Waals surface area (Å²) in [5, 5.41) is 3.14. The molecule has 2 N–H and O–H groups in total. The Morgan fingerprint density at radius 2 is 1.79 bits per heavy atom. The van der Waals surface area contributed by atoms with Crippen LogP contribution in [0.15, 0.2) is 12.1 Å². The minimum atomic E-state index is -0.401. The van der Waals surface area contributed by atoms with Gasteiger partial charge in [0.05, 0.1) is 34.5 Å². The molecule has 2 rings (SSSR count). The van der Waals surface area contributed by atoms with Crippen LogP contribution in [0, 0.1) is 0 Å². The van der Waals surface area contributed by atoms with Crippen LogP contribution in [0.5, 0.6) is 17.2 Å².